The standard InChI is InChI=1S/C18H27NO2/c1-13-7-8-18(9-10-19(2)17(18)11-13)14-5-6-15(20-3)16(12-14)21-4/h5-6,12-13,17H,7-11H2,1-4H3/t13-,17-,18-/m0/s1. The van der Waals surface area contributed by atoms with Gasteiger partial charge in [0.2, 0.25) is 0 Å². The Morgan fingerprint density at radius 2 is 1.90 bits per heavy atom. The van der Waals surface area contributed by atoms with E-state index in [-0.39, 0.29) is 0 Å². The van der Waals surface area contributed by atoms with Gasteiger partial charge in [0.1, 0.15) is 0 Å². The molecular formula is C18H27NO2. The van der Waals surface area contributed by atoms with Crippen molar-refractivity contribution in [3.63, 3.8) is 0 Å². The molecule has 3 atom stereocenters. The van der Waals surface area contributed by atoms with Crippen LogP contribution in [0.5, 0.6) is 11.5 Å². The van der Waals surface area contributed by atoms with Gasteiger partial charge >= 0.3 is 0 Å². The second-order valence-corrected chi connectivity index (χ2v) is 6.85. The average Bonchev–Trinajstić information content (AvgIpc) is 2.85. The maximum absolute atomic E-state index is 5.52. The lowest BCUT2D eigenvalue weighted by molar-refractivity contribution is 0.147. The highest BCUT2D eigenvalue weighted by atomic mass is 16.5. The molecule has 0 unspecified atom stereocenters. The number of hydrogen-bond donors (Lipinski definition) is 0. The molecule has 3 nitrogen and oxygen atoms in total. The van der Waals surface area contributed by atoms with Crippen LogP contribution in [0.2, 0.25) is 0 Å². The molecule has 0 bridgehead atoms. The van der Waals surface area contributed by atoms with Crippen LogP contribution in [-0.4, -0.2) is 38.8 Å². The Kier molecular flexibility index (Phi) is 3.87. The number of ether oxygens (including phenoxy) is 2. The van der Waals surface area contributed by atoms with Gasteiger partial charge in [0.15, 0.2) is 11.5 Å². The number of benzene rings is 1. The fraction of sp³-hybridized carbons (Fsp3) is 0.667. The molecule has 2 aliphatic rings. The highest BCUT2D eigenvalue weighted by Crippen LogP contribution is 2.50. The normalized spacial score (nSPS) is 32.8. The smallest absolute Gasteiger partial charge is 0.161 e. The number of likely N-dealkylation sites (N-methyl/N-ethyl adjacent to an activating group) is 1. The van der Waals surface area contributed by atoms with E-state index in [2.05, 4.69) is 37.1 Å². The van der Waals surface area contributed by atoms with Crippen molar-refractivity contribution in [2.75, 3.05) is 27.8 Å². The van der Waals surface area contributed by atoms with Crippen LogP contribution in [-0.2, 0) is 5.41 Å². The molecule has 1 aliphatic carbocycles. The van der Waals surface area contributed by atoms with E-state index in [4.69, 9.17) is 9.47 Å². The van der Waals surface area contributed by atoms with Gasteiger partial charge in [-0.1, -0.05) is 13.0 Å². The zero-order valence-electron chi connectivity index (χ0n) is 13.7. The topological polar surface area (TPSA) is 21.7 Å². The molecular weight excluding hydrogens is 262 g/mol. The first-order valence-electron chi connectivity index (χ1n) is 8.03. The van der Waals surface area contributed by atoms with Crippen molar-refractivity contribution >= 4 is 0 Å². The van der Waals surface area contributed by atoms with Crippen LogP contribution in [0.1, 0.15) is 38.2 Å². The summed E-state index contributed by atoms with van der Waals surface area (Å²) in [5, 5.41) is 0. The molecule has 1 saturated heterocycles. The summed E-state index contributed by atoms with van der Waals surface area (Å²) in [5.41, 5.74) is 1.74. The number of likely N-dealkylation sites (tertiary alicyclic amines) is 1. The summed E-state index contributed by atoms with van der Waals surface area (Å²) in [6.45, 7) is 3.59. The summed E-state index contributed by atoms with van der Waals surface area (Å²) >= 11 is 0. The molecule has 0 radical (unpaired) electrons. The number of nitrogens with zero attached hydrogens (tertiary/aromatic N) is 1. The number of rotatable bonds is 3. The molecule has 0 N–H and O–H groups in total. The summed E-state index contributed by atoms with van der Waals surface area (Å²) in [7, 11) is 5.70. The van der Waals surface area contributed by atoms with Gasteiger partial charge in [-0.05, 0) is 62.9 Å². The fourth-order valence-corrected chi connectivity index (χ4v) is 4.45. The summed E-state index contributed by atoms with van der Waals surface area (Å²) in [5.74, 6) is 2.52. The molecule has 3 rings (SSSR count). The SMILES string of the molecule is COc1ccc([C@@]23CC[C@H](C)C[C@@H]2N(C)CC3)cc1OC. The predicted octanol–water partition coefficient (Wildman–Crippen LogP) is 3.47. The maximum Gasteiger partial charge on any atom is 0.161 e. The molecule has 1 aromatic rings. The first-order valence-corrected chi connectivity index (χ1v) is 8.03. The molecule has 0 amide bonds. The van der Waals surface area contributed by atoms with Gasteiger partial charge in [0, 0.05) is 11.5 Å². The van der Waals surface area contributed by atoms with Gasteiger partial charge in [0.05, 0.1) is 14.2 Å². The summed E-state index contributed by atoms with van der Waals surface area (Å²) in [4.78, 5) is 2.56. The minimum Gasteiger partial charge on any atom is -0.493 e. The van der Waals surface area contributed by atoms with E-state index in [1.807, 2.05) is 0 Å². The van der Waals surface area contributed by atoms with Crippen LogP contribution in [0.3, 0.4) is 0 Å². The number of methoxy groups -OCH3 is 2. The number of fused-ring (bicyclic) bond motifs is 1. The van der Waals surface area contributed by atoms with Gasteiger partial charge < -0.3 is 14.4 Å². The van der Waals surface area contributed by atoms with E-state index in [1.54, 1.807) is 14.2 Å². The van der Waals surface area contributed by atoms with Crippen LogP contribution >= 0.6 is 0 Å². The second kappa shape index (κ2) is 5.53. The summed E-state index contributed by atoms with van der Waals surface area (Å²) < 4.78 is 10.9. The van der Waals surface area contributed by atoms with Crippen LogP contribution in [0.4, 0.5) is 0 Å². The monoisotopic (exact) mass is 289 g/mol. The van der Waals surface area contributed by atoms with Gasteiger partial charge in [0.25, 0.3) is 0 Å². The largest absolute Gasteiger partial charge is 0.493 e. The first-order chi connectivity index (χ1) is 10.1. The quantitative estimate of drug-likeness (QED) is 0.850. The third-order valence-corrected chi connectivity index (χ3v) is 5.75. The summed E-state index contributed by atoms with van der Waals surface area (Å²) in [6.07, 6.45) is 5.19. The molecule has 1 aromatic carbocycles. The Bertz CT molecular complexity index is 516. The Morgan fingerprint density at radius 1 is 1.14 bits per heavy atom. The Labute approximate surface area is 128 Å². The van der Waals surface area contributed by atoms with Crippen molar-refractivity contribution < 1.29 is 9.47 Å². The van der Waals surface area contributed by atoms with E-state index in [1.165, 1.54) is 37.8 Å². The van der Waals surface area contributed by atoms with E-state index < -0.39 is 0 Å². The average molecular weight is 289 g/mol. The highest BCUT2D eigenvalue weighted by Gasteiger charge is 2.49. The van der Waals surface area contributed by atoms with Crippen molar-refractivity contribution in [3.8, 4) is 11.5 Å². The van der Waals surface area contributed by atoms with E-state index in [0.717, 1.165) is 17.4 Å². The number of hydrogen-bond acceptors (Lipinski definition) is 3. The molecule has 2 fully saturated rings. The van der Waals surface area contributed by atoms with E-state index in [0.29, 0.717) is 11.5 Å². The predicted molar refractivity (Wildman–Crippen MR) is 85.3 cm³/mol. The minimum absolute atomic E-state index is 0.306. The van der Waals surface area contributed by atoms with Crippen molar-refractivity contribution in [2.45, 2.75) is 44.1 Å². The molecule has 1 heterocycles. The molecule has 116 valence electrons. The van der Waals surface area contributed by atoms with Crippen molar-refractivity contribution in [1.82, 2.24) is 4.90 Å². The first kappa shape index (κ1) is 14.7. The molecule has 21 heavy (non-hydrogen) atoms. The van der Waals surface area contributed by atoms with E-state index >= 15 is 0 Å². The third-order valence-electron chi connectivity index (χ3n) is 5.75. The van der Waals surface area contributed by atoms with Gasteiger partial charge in [-0.15, -0.1) is 0 Å². The van der Waals surface area contributed by atoms with Crippen LogP contribution in [0, 0.1) is 5.92 Å². The summed E-state index contributed by atoms with van der Waals surface area (Å²) in [6, 6.07) is 7.19. The Balaban J connectivity index is 2.01. The molecule has 1 aliphatic heterocycles. The van der Waals surface area contributed by atoms with Crippen molar-refractivity contribution in [3.05, 3.63) is 23.8 Å². The van der Waals surface area contributed by atoms with Gasteiger partial charge in [-0.3, -0.25) is 0 Å². The van der Waals surface area contributed by atoms with Crippen molar-refractivity contribution in [1.29, 1.82) is 0 Å². The lowest BCUT2D eigenvalue weighted by Crippen LogP contribution is -2.45. The molecule has 3 heteroatoms. The highest BCUT2D eigenvalue weighted by molar-refractivity contribution is 5.46. The van der Waals surface area contributed by atoms with Crippen LogP contribution < -0.4 is 9.47 Å². The fourth-order valence-electron chi connectivity index (χ4n) is 4.45. The zero-order valence-corrected chi connectivity index (χ0v) is 13.7. The maximum atomic E-state index is 5.52. The van der Waals surface area contributed by atoms with Crippen molar-refractivity contribution in [2.24, 2.45) is 5.92 Å². The molecule has 0 aromatic heterocycles. The van der Waals surface area contributed by atoms with Crippen LogP contribution in [0.15, 0.2) is 18.2 Å². The van der Waals surface area contributed by atoms with Gasteiger partial charge in [-0.25, -0.2) is 0 Å². The zero-order chi connectivity index (χ0) is 15.0. The Morgan fingerprint density at radius 3 is 2.62 bits per heavy atom. The van der Waals surface area contributed by atoms with Crippen LogP contribution in [0.25, 0.3) is 0 Å². The minimum atomic E-state index is 0.306. The lowest BCUT2D eigenvalue weighted by atomic mass is 9.64. The third kappa shape index (κ3) is 2.32. The second-order valence-electron chi connectivity index (χ2n) is 6.85. The molecule has 0 spiro atoms. The molecule has 1 saturated carbocycles. The van der Waals surface area contributed by atoms with E-state index in [9.17, 15) is 0 Å². The van der Waals surface area contributed by atoms with Gasteiger partial charge in [-0.2, -0.15) is 0 Å². The Hall–Kier alpha value is -1.22. The lowest BCUT2D eigenvalue weighted by Gasteiger charge is -2.44.